The molecule has 4 heterocycles. The number of H-pyrrole nitrogens is 2. The van der Waals surface area contributed by atoms with Gasteiger partial charge in [0.1, 0.15) is 11.5 Å². The van der Waals surface area contributed by atoms with Crippen molar-refractivity contribution < 1.29 is 14.2 Å². The molecule has 0 amide bonds. The highest BCUT2D eigenvalue weighted by atomic mass is 16.6. The van der Waals surface area contributed by atoms with Crippen molar-refractivity contribution in [2.24, 2.45) is 0 Å². The first-order valence-electron chi connectivity index (χ1n) is 10.3. The van der Waals surface area contributed by atoms with E-state index in [1.807, 2.05) is 12.1 Å². The molecule has 5 heteroatoms. The van der Waals surface area contributed by atoms with Gasteiger partial charge >= 0.3 is 0 Å². The molecule has 0 aliphatic carbocycles. The molecule has 0 spiro atoms. The van der Waals surface area contributed by atoms with E-state index in [4.69, 9.17) is 14.2 Å². The van der Waals surface area contributed by atoms with Gasteiger partial charge in [-0.2, -0.15) is 0 Å². The van der Waals surface area contributed by atoms with Crippen molar-refractivity contribution in [3.8, 4) is 11.5 Å². The number of fused-ring (bicyclic) bond motifs is 2. The predicted octanol–water partition coefficient (Wildman–Crippen LogP) is 4.94. The average molecular weight is 388 g/mol. The summed E-state index contributed by atoms with van der Waals surface area (Å²) in [7, 11) is 0. The number of hydrogen-bond acceptors (Lipinski definition) is 3. The van der Waals surface area contributed by atoms with Gasteiger partial charge in [0.15, 0.2) is 0 Å². The van der Waals surface area contributed by atoms with Gasteiger partial charge in [-0.1, -0.05) is 12.1 Å². The molecule has 29 heavy (non-hydrogen) atoms. The summed E-state index contributed by atoms with van der Waals surface area (Å²) in [6.45, 7) is 5.96. The minimum Gasteiger partial charge on any atom is -0.456 e. The maximum Gasteiger partial charge on any atom is 0.137 e. The molecule has 2 aliphatic heterocycles. The summed E-state index contributed by atoms with van der Waals surface area (Å²) >= 11 is 0. The van der Waals surface area contributed by atoms with Gasteiger partial charge in [-0.05, 0) is 49.2 Å². The Morgan fingerprint density at radius 2 is 1.24 bits per heavy atom. The molecule has 0 bridgehead atoms. The molecule has 2 atom stereocenters. The van der Waals surface area contributed by atoms with Crippen molar-refractivity contribution in [1.82, 2.24) is 9.97 Å². The molecule has 2 aliphatic rings. The summed E-state index contributed by atoms with van der Waals surface area (Å²) in [6.07, 6.45) is 2.51. The van der Waals surface area contributed by atoms with Crippen molar-refractivity contribution in [3.63, 3.8) is 0 Å². The molecule has 0 unspecified atom stereocenters. The smallest absolute Gasteiger partial charge is 0.137 e. The van der Waals surface area contributed by atoms with Crippen molar-refractivity contribution in [2.75, 3.05) is 13.2 Å². The fraction of sp³-hybridized carbons (Fsp3) is 0.333. The van der Waals surface area contributed by atoms with Crippen molar-refractivity contribution in [2.45, 2.75) is 38.9 Å². The van der Waals surface area contributed by atoms with Crippen LogP contribution >= 0.6 is 0 Å². The van der Waals surface area contributed by atoms with E-state index in [0.29, 0.717) is 12.2 Å². The van der Waals surface area contributed by atoms with Crippen LogP contribution in [0.1, 0.15) is 22.5 Å². The van der Waals surface area contributed by atoms with Crippen LogP contribution in [0, 0.1) is 13.8 Å². The first-order valence-corrected chi connectivity index (χ1v) is 10.3. The van der Waals surface area contributed by atoms with Crippen LogP contribution in [0.2, 0.25) is 0 Å². The summed E-state index contributed by atoms with van der Waals surface area (Å²) < 4.78 is 17.6. The Kier molecular flexibility index (Phi) is 3.76. The zero-order valence-corrected chi connectivity index (χ0v) is 16.7. The van der Waals surface area contributed by atoms with Crippen LogP contribution in [0.4, 0.5) is 0 Å². The van der Waals surface area contributed by atoms with Crippen LogP contribution in [0.15, 0.2) is 36.4 Å². The quantitative estimate of drug-likeness (QED) is 0.460. The predicted molar refractivity (Wildman–Crippen MR) is 113 cm³/mol. The van der Waals surface area contributed by atoms with E-state index >= 15 is 0 Å². The zero-order chi connectivity index (χ0) is 19.5. The summed E-state index contributed by atoms with van der Waals surface area (Å²) in [5, 5.41) is 2.33. The van der Waals surface area contributed by atoms with Crippen molar-refractivity contribution >= 4 is 21.8 Å². The van der Waals surface area contributed by atoms with E-state index < -0.39 is 0 Å². The van der Waals surface area contributed by atoms with Crippen molar-refractivity contribution in [3.05, 3.63) is 58.9 Å². The molecular weight excluding hydrogens is 364 g/mol. The Balaban J connectivity index is 1.47. The average Bonchev–Trinajstić information content (AvgIpc) is 3.61. The van der Waals surface area contributed by atoms with Crippen LogP contribution in [-0.4, -0.2) is 35.4 Å². The number of ether oxygens (including phenoxy) is 3. The number of nitrogens with one attached hydrogen (secondary N) is 2. The molecule has 0 radical (unpaired) electrons. The largest absolute Gasteiger partial charge is 0.456 e. The summed E-state index contributed by atoms with van der Waals surface area (Å²) in [6, 6.07) is 12.5. The minimum absolute atomic E-state index is 0.335. The van der Waals surface area contributed by atoms with Crippen LogP contribution in [0.25, 0.3) is 21.8 Å². The topological polar surface area (TPSA) is 65.9 Å². The number of aryl methyl sites for hydroxylation is 2. The third kappa shape index (κ3) is 3.02. The van der Waals surface area contributed by atoms with Crippen molar-refractivity contribution in [1.29, 1.82) is 0 Å². The standard InChI is InChI=1S/C24H24N2O3/c1-13-17(9-15-11-27-15)23-19(25-13)5-3-7-21(23)29-22-8-4-6-20-24(22)18(14(2)26-20)10-16-12-28-16/h3-8,15-16,25-26H,9-12H2,1-2H3/t15-,16-/m0/s1. The molecule has 2 fully saturated rings. The maximum absolute atomic E-state index is 6.60. The molecule has 2 aromatic heterocycles. The fourth-order valence-electron chi connectivity index (χ4n) is 4.45. The molecular formula is C24H24N2O3. The first kappa shape index (κ1) is 17.1. The molecule has 148 valence electrons. The molecule has 2 saturated heterocycles. The summed E-state index contributed by atoms with van der Waals surface area (Å²) in [5.74, 6) is 1.78. The molecule has 5 nitrogen and oxygen atoms in total. The van der Waals surface area contributed by atoms with Gasteiger partial charge in [0.2, 0.25) is 0 Å². The van der Waals surface area contributed by atoms with Gasteiger partial charge in [0.05, 0.1) is 25.4 Å². The lowest BCUT2D eigenvalue weighted by molar-refractivity contribution is 0.407. The number of aromatic nitrogens is 2. The molecule has 4 aromatic rings. The Labute approximate surface area is 169 Å². The van der Waals surface area contributed by atoms with Crippen LogP contribution in [0.5, 0.6) is 11.5 Å². The van der Waals surface area contributed by atoms with Gasteiger partial charge < -0.3 is 24.2 Å². The van der Waals surface area contributed by atoms with E-state index in [1.165, 1.54) is 22.5 Å². The van der Waals surface area contributed by atoms with E-state index in [9.17, 15) is 0 Å². The highest BCUT2D eigenvalue weighted by Crippen LogP contribution is 2.40. The Morgan fingerprint density at radius 1 is 0.793 bits per heavy atom. The third-order valence-electron chi connectivity index (χ3n) is 6.09. The van der Waals surface area contributed by atoms with Gasteiger partial charge in [0, 0.05) is 46.0 Å². The molecule has 2 aromatic carbocycles. The maximum atomic E-state index is 6.60. The number of rotatable bonds is 6. The third-order valence-corrected chi connectivity index (χ3v) is 6.09. The Hall–Kier alpha value is -2.76. The van der Waals surface area contributed by atoms with Crippen LogP contribution in [0.3, 0.4) is 0 Å². The monoisotopic (exact) mass is 388 g/mol. The lowest BCUT2D eigenvalue weighted by Crippen LogP contribution is -1.96. The van der Waals surface area contributed by atoms with E-state index in [2.05, 4.69) is 48.1 Å². The van der Waals surface area contributed by atoms with Gasteiger partial charge in [-0.3, -0.25) is 0 Å². The number of hydrogen-bond donors (Lipinski definition) is 2. The fourth-order valence-corrected chi connectivity index (χ4v) is 4.45. The number of benzene rings is 2. The summed E-state index contributed by atoms with van der Waals surface area (Å²) in [5.41, 5.74) is 7.19. The van der Waals surface area contributed by atoms with Gasteiger partial charge in [-0.25, -0.2) is 0 Å². The minimum atomic E-state index is 0.335. The van der Waals surface area contributed by atoms with Crippen LogP contribution in [-0.2, 0) is 22.3 Å². The van der Waals surface area contributed by atoms with Crippen LogP contribution < -0.4 is 4.74 Å². The highest BCUT2D eigenvalue weighted by molar-refractivity contribution is 5.93. The zero-order valence-electron chi connectivity index (χ0n) is 16.7. The Morgan fingerprint density at radius 3 is 1.66 bits per heavy atom. The number of epoxide rings is 2. The lowest BCUT2D eigenvalue weighted by atomic mass is 10.0. The molecule has 2 N–H and O–H groups in total. The SMILES string of the molecule is Cc1[nH]c2cccc(Oc3cccc4[nH]c(C)c(C[C@H]5CO5)c34)c2c1C[C@H]1CO1. The van der Waals surface area contributed by atoms with E-state index in [1.54, 1.807) is 0 Å². The van der Waals surface area contributed by atoms with Gasteiger partial charge in [-0.15, -0.1) is 0 Å². The van der Waals surface area contributed by atoms with E-state index in [-0.39, 0.29) is 0 Å². The Bertz CT molecular complexity index is 1130. The molecule has 0 saturated carbocycles. The molecule has 6 rings (SSSR count). The lowest BCUT2D eigenvalue weighted by Gasteiger charge is -2.11. The normalized spacial score (nSPS) is 20.5. The second-order valence-corrected chi connectivity index (χ2v) is 8.24. The highest BCUT2D eigenvalue weighted by Gasteiger charge is 2.28. The second-order valence-electron chi connectivity index (χ2n) is 8.24. The summed E-state index contributed by atoms with van der Waals surface area (Å²) in [4.78, 5) is 7.03. The first-order chi connectivity index (χ1) is 14.2. The number of aromatic amines is 2. The van der Waals surface area contributed by atoms with Gasteiger partial charge in [0.25, 0.3) is 0 Å². The second kappa shape index (κ2) is 6.37. The van der Waals surface area contributed by atoms with E-state index in [0.717, 1.165) is 59.4 Å².